The number of imidazole rings is 1. The lowest BCUT2D eigenvalue weighted by Gasteiger charge is -2.05. The van der Waals surface area contributed by atoms with Gasteiger partial charge in [-0.3, -0.25) is 4.57 Å². The number of rotatable bonds is 1. The molecule has 6 N–H and O–H groups in total. The summed E-state index contributed by atoms with van der Waals surface area (Å²) in [5.41, 5.74) is 17.8. The molecule has 0 bridgehead atoms. The standard InChI is InChI=1S/C9H11N5/c10-7-8(11)14(9(12)13-7)6-4-2-1-3-5-6/h1-5H,10-11H2,(H2,12,13). The highest BCUT2D eigenvalue weighted by atomic mass is 15.2. The second-order valence-electron chi connectivity index (χ2n) is 2.91. The van der Waals surface area contributed by atoms with E-state index in [1.165, 1.54) is 0 Å². The van der Waals surface area contributed by atoms with Gasteiger partial charge in [0.05, 0.1) is 5.69 Å². The average molecular weight is 189 g/mol. The van der Waals surface area contributed by atoms with Crippen LogP contribution in [0.1, 0.15) is 0 Å². The molecule has 0 aliphatic heterocycles. The molecule has 14 heavy (non-hydrogen) atoms. The van der Waals surface area contributed by atoms with Crippen molar-refractivity contribution in [3.05, 3.63) is 30.3 Å². The third kappa shape index (κ3) is 1.15. The molecule has 2 rings (SSSR count). The highest BCUT2D eigenvalue weighted by molar-refractivity contribution is 5.63. The molecule has 0 saturated carbocycles. The molecule has 5 nitrogen and oxygen atoms in total. The SMILES string of the molecule is Nc1nc(N)n(-c2ccccc2)c1N. The first-order chi connectivity index (χ1) is 6.70. The van der Waals surface area contributed by atoms with Crippen LogP contribution in [0.2, 0.25) is 0 Å². The average Bonchev–Trinajstić information content (AvgIpc) is 2.43. The summed E-state index contributed by atoms with van der Waals surface area (Å²) in [5.74, 6) is 0.922. The molecule has 0 radical (unpaired) electrons. The Morgan fingerprint density at radius 1 is 1.00 bits per heavy atom. The van der Waals surface area contributed by atoms with Gasteiger partial charge in [0.1, 0.15) is 0 Å². The van der Waals surface area contributed by atoms with E-state index in [4.69, 9.17) is 17.2 Å². The van der Waals surface area contributed by atoms with Crippen LogP contribution in [0, 0.1) is 0 Å². The summed E-state index contributed by atoms with van der Waals surface area (Å²) in [6, 6.07) is 9.46. The van der Waals surface area contributed by atoms with Crippen molar-refractivity contribution in [3.8, 4) is 5.69 Å². The summed E-state index contributed by atoms with van der Waals surface area (Å²) >= 11 is 0. The molecular weight excluding hydrogens is 178 g/mol. The fraction of sp³-hybridized carbons (Fsp3) is 0. The number of hydrogen-bond acceptors (Lipinski definition) is 4. The largest absolute Gasteiger partial charge is 0.382 e. The highest BCUT2D eigenvalue weighted by Crippen LogP contribution is 2.23. The van der Waals surface area contributed by atoms with E-state index in [9.17, 15) is 0 Å². The summed E-state index contributed by atoms with van der Waals surface area (Å²) in [6.07, 6.45) is 0. The molecule has 0 unspecified atom stereocenters. The lowest BCUT2D eigenvalue weighted by atomic mass is 10.3. The molecule has 0 fully saturated rings. The van der Waals surface area contributed by atoms with Crippen molar-refractivity contribution in [2.75, 3.05) is 17.2 Å². The molecule has 0 saturated heterocycles. The number of benzene rings is 1. The van der Waals surface area contributed by atoms with Gasteiger partial charge >= 0.3 is 0 Å². The lowest BCUT2D eigenvalue weighted by molar-refractivity contribution is 1.08. The first kappa shape index (κ1) is 8.43. The number of nitrogens with zero attached hydrogens (tertiary/aromatic N) is 2. The molecule has 1 heterocycles. The topological polar surface area (TPSA) is 95.9 Å². The Balaban J connectivity index is 2.62. The zero-order chi connectivity index (χ0) is 10.1. The molecule has 0 aliphatic carbocycles. The van der Waals surface area contributed by atoms with Crippen LogP contribution in [-0.4, -0.2) is 9.55 Å². The number of nitrogens with two attached hydrogens (primary N) is 3. The smallest absolute Gasteiger partial charge is 0.208 e. The van der Waals surface area contributed by atoms with E-state index in [1.807, 2.05) is 30.3 Å². The quantitative estimate of drug-likeness (QED) is 0.612. The monoisotopic (exact) mass is 189 g/mol. The van der Waals surface area contributed by atoms with E-state index in [0.717, 1.165) is 5.69 Å². The Morgan fingerprint density at radius 2 is 1.64 bits per heavy atom. The molecular formula is C9H11N5. The molecule has 1 aromatic heterocycles. The molecule has 0 amide bonds. The van der Waals surface area contributed by atoms with Gasteiger partial charge in [0.15, 0.2) is 11.6 Å². The van der Waals surface area contributed by atoms with Crippen LogP contribution < -0.4 is 17.2 Å². The number of aromatic nitrogens is 2. The van der Waals surface area contributed by atoms with Gasteiger partial charge < -0.3 is 17.2 Å². The van der Waals surface area contributed by atoms with Gasteiger partial charge in [0.2, 0.25) is 5.95 Å². The van der Waals surface area contributed by atoms with Crippen molar-refractivity contribution >= 4 is 17.6 Å². The zero-order valence-electron chi connectivity index (χ0n) is 7.51. The van der Waals surface area contributed by atoms with E-state index in [1.54, 1.807) is 4.57 Å². The van der Waals surface area contributed by atoms with Crippen LogP contribution in [0.25, 0.3) is 5.69 Å². The minimum Gasteiger partial charge on any atom is -0.382 e. The first-order valence-corrected chi connectivity index (χ1v) is 4.14. The molecule has 0 spiro atoms. The third-order valence-electron chi connectivity index (χ3n) is 1.98. The predicted molar refractivity (Wildman–Crippen MR) is 56.8 cm³/mol. The van der Waals surface area contributed by atoms with Crippen LogP contribution in [0.15, 0.2) is 30.3 Å². The van der Waals surface area contributed by atoms with Crippen LogP contribution in [0.4, 0.5) is 17.6 Å². The van der Waals surface area contributed by atoms with Crippen LogP contribution in [-0.2, 0) is 0 Å². The van der Waals surface area contributed by atoms with E-state index in [2.05, 4.69) is 4.98 Å². The second kappa shape index (κ2) is 2.95. The van der Waals surface area contributed by atoms with Gasteiger partial charge in [-0.15, -0.1) is 0 Å². The minimum atomic E-state index is 0.256. The van der Waals surface area contributed by atoms with Crippen LogP contribution in [0.3, 0.4) is 0 Å². The van der Waals surface area contributed by atoms with Gasteiger partial charge in [-0.05, 0) is 12.1 Å². The zero-order valence-corrected chi connectivity index (χ0v) is 7.51. The van der Waals surface area contributed by atoms with E-state index < -0.39 is 0 Å². The summed E-state index contributed by atoms with van der Waals surface area (Å²) < 4.78 is 1.61. The van der Waals surface area contributed by atoms with Gasteiger partial charge in [0.25, 0.3) is 0 Å². The number of anilines is 3. The number of hydrogen-bond donors (Lipinski definition) is 3. The Hall–Kier alpha value is -2.17. The summed E-state index contributed by atoms with van der Waals surface area (Å²) in [4.78, 5) is 3.88. The summed E-state index contributed by atoms with van der Waals surface area (Å²) in [5, 5.41) is 0. The molecule has 1 aromatic carbocycles. The fourth-order valence-electron chi connectivity index (χ4n) is 1.32. The normalized spacial score (nSPS) is 10.3. The van der Waals surface area contributed by atoms with Crippen molar-refractivity contribution < 1.29 is 0 Å². The van der Waals surface area contributed by atoms with Crippen molar-refractivity contribution in [2.24, 2.45) is 0 Å². The Labute approximate surface area is 81.1 Å². The van der Waals surface area contributed by atoms with Gasteiger partial charge in [-0.25, -0.2) is 0 Å². The third-order valence-corrected chi connectivity index (χ3v) is 1.98. The van der Waals surface area contributed by atoms with E-state index in [0.29, 0.717) is 11.8 Å². The Morgan fingerprint density at radius 3 is 2.14 bits per heavy atom. The van der Waals surface area contributed by atoms with Gasteiger partial charge in [-0.1, -0.05) is 18.2 Å². The maximum absolute atomic E-state index is 5.73. The minimum absolute atomic E-state index is 0.256. The predicted octanol–water partition coefficient (Wildman–Crippen LogP) is 0.619. The Kier molecular flexibility index (Phi) is 1.78. The molecule has 72 valence electrons. The second-order valence-corrected chi connectivity index (χ2v) is 2.91. The van der Waals surface area contributed by atoms with Crippen molar-refractivity contribution in [1.29, 1.82) is 0 Å². The summed E-state index contributed by atoms with van der Waals surface area (Å²) in [7, 11) is 0. The van der Waals surface area contributed by atoms with Crippen LogP contribution >= 0.6 is 0 Å². The first-order valence-electron chi connectivity index (χ1n) is 4.14. The fourth-order valence-corrected chi connectivity index (χ4v) is 1.32. The van der Waals surface area contributed by atoms with Crippen molar-refractivity contribution in [3.63, 3.8) is 0 Å². The maximum atomic E-state index is 5.73. The van der Waals surface area contributed by atoms with Crippen molar-refractivity contribution in [1.82, 2.24) is 9.55 Å². The van der Waals surface area contributed by atoms with Gasteiger partial charge in [0, 0.05) is 0 Å². The number of nitrogen functional groups attached to an aromatic ring is 3. The lowest BCUT2D eigenvalue weighted by Crippen LogP contribution is -2.04. The van der Waals surface area contributed by atoms with Crippen molar-refractivity contribution in [2.45, 2.75) is 0 Å². The summed E-state index contributed by atoms with van der Waals surface area (Å²) in [6.45, 7) is 0. The Bertz CT molecular complexity index is 446. The van der Waals surface area contributed by atoms with Gasteiger partial charge in [-0.2, -0.15) is 4.98 Å². The number of para-hydroxylation sites is 1. The molecule has 5 heteroatoms. The molecule has 0 aliphatic rings. The molecule has 0 atom stereocenters. The maximum Gasteiger partial charge on any atom is 0.208 e. The highest BCUT2D eigenvalue weighted by Gasteiger charge is 2.10. The van der Waals surface area contributed by atoms with E-state index >= 15 is 0 Å². The molecule has 2 aromatic rings. The van der Waals surface area contributed by atoms with E-state index in [-0.39, 0.29) is 5.82 Å². The van der Waals surface area contributed by atoms with Crippen LogP contribution in [0.5, 0.6) is 0 Å².